The molecule has 8 heteroatoms. The highest BCUT2D eigenvalue weighted by Crippen LogP contribution is 2.31. The summed E-state index contributed by atoms with van der Waals surface area (Å²) in [5.74, 6) is 5.88. The number of hydrazine groups is 1. The van der Waals surface area contributed by atoms with Gasteiger partial charge in [0.05, 0.1) is 23.5 Å². The van der Waals surface area contributed by atoms with Crippen LogP contribution in [0.5, 0.6) is 0 Å². The van der Waals surface area contributed by atoms with E-state index in [2.05, 4.69) is 15.3 Å². The number of hydrogen-bond acceptors (Lipinski definition) is 6. The lowest BCUT2D eigenvalue weighted by atomic mass is 10.0. The molecular weight excluding hydrogens is 392 g/mol. The Morgan fingerprint density at radius 1 is 1.00 bits per heavy atom. The van der Waals surface area contributed by atoms with Crippen molar-refractivity contribution in [1.29, 1.82) is 0 Å². The fraction of sp³-hybridized carbons (Fsp3) is 0.0870. The van der Waals surface area contributed by atoms with Crippen LogP contribution in [0, 0.1) is 0 Å². The Kier molecular flexibility index (Phi) is 5.74. The average molecular weight is 414 g/mol. The summed E-state index contributed by atoms with van der Waals surface area (Å²) in [4.78, 5) is 20.4. The molecule has 156 valence electrons. The first-order chi connectivity index (χ1) is 15.1. The molecule has 2 amide bonds. The van der Waals surface area contributed by atoms with Gasteiger partial charge in [-0.25, -0.2) is 20.6 Å². The minimum Gasteiger partial charge on any atom is -0.395 e. The zero-order chi connectivity index (χ0) is 21.8. The number of aromatic nitrogens is 2. The second kappa shape index (κ2) is 8.78. The van der Waals surface area contributed by atoms with Gasteiger partial charge in [0.15, 0.2) is 0 Å². The molecule has 4 rings (SSSR count). The van der Waals surface area contributed by atoms with Gasteiger partial charge >= 0.3 is 6.03 Å². The number of carbonyl (C=O) groups excluding carboxylic acids is 1. The van der Waals surface area contributed by atoms with Crippen molar-refractivity contribution in [3.63, 3.8) is 0 Å². The number of pyridine rings is 2. The van der Waals surface area contributed by atoms with Crippen molar-refractivity contribution in [2.75, 3.05) is 23.5 Å². The highest BCUT2D eigenvalue weighted by atomic mass is 16.3. The average Bonchev–Trinajstić information content (AvgIpc) is 2.82. The third-order valence-corrected chi connectivity index (χ3v) is 4.93. The Hall–Kier alpha value is -4.01. The van der Waals surface area contributed by atoms with E-state index in [1.807, 2.05) is 48.5 Å². The maximum atomic E-state index is 11.6. The lowest BCUT2D eigenvalue weighted by molar-refractivity contribution is 0.254. The van der Waals surface area contributed by atoms with Crippen LogP contribution in [0.25, 0.3) is 33.3 Å². The van der Waals surface area contributed by atoms with E-state index >= 15 is 0 Å². The molecule has 0 radical (unpaired) electrons. The van der Waals surface area contributed by atoms with Gasteiger partial charge in [-0.2, -0.15) is 0 Å². The van der Waals surface area contributed by atoms with Gasteiger partial charge in [-0.3, -0.25) is 4.98 Å². The van der Waals surface area contributed by atoms with Gasteiger partial charge in [0.25, 0.3) is 0 Å². The molecule has 0 bridgehead atoms. The number of fused-ring (bicyclic) bond motifs is 1. The van der Waals surface area contributed by atoms with E-state index in [0.717, 1.165) is 27.4 Å². The van der Waals surface area contributed by atoms with Crippen molar-refractivity contribution in [2.24, 2.45) is 11.6 Å². The molecule has 0 saturated heterocycles. The molecule has 8 nitrogen and oxygen atoms in total. The number of primary amides is 1. The van der Waals surface area contributed by atoms with Crippen molar-refractivity contribution in [3.8, 4) is 22.4 Å². The van der Waals surface area contributed by atoms with E-state index in [0.29, 0.717) is 28.8 Å². The van der Waals surface area contributed by atoms with Crippen LogP contribution in [0.4, 0.5) is 16.2 Å². The molecule has 0 fully saturated rings. The first-order valence-electron chi connectivity index (χ1n) is 9.71. The summed E-state index contributed by atoms with van der Waals surface area (Å²) in [5, 5.41) is 13.6. The van der Waals surface area contributed by atoms with E-state index in [1.165, 1.54) is 0 Å². The minimum absolute atomic E-state index is 0.0889. The standard InChI is InChI=1S/C23H22N6O2/c24-23(31)29(25)22-13-21(28-20-9-10-26-14-19(20)22)17-3-1-15(2-4-17)16-5-7-18(8-6-16)27-11-12-30/h1-10,13-14,27,30H,11-12,25H2,(H2,24,31). The monoisotopic (exact) mass is 414 g/mol. The van der Waals surface area contributed by atoms with Crippen molar-refractivity contribution in [2.45, 2.75) is 0 Å². The van der Waals surface area contributed by atoms with Crippen LogP contribution >= 0.6 is 0 Å². The van der Waals surface area contributed by atoms with Crippen LogP contribution < -0.4 is 21.9 Å². The van der Waals surface area contributed by atoms with Crippen LogP contribution in [-0.2, 0) is 0 Å². The molecule has 6 N–H and O–H groups in total. The summed E-state index contributed by atoms with van der Waals surface area (Å²) < 4.78 is 0. The summed E-state index contributed by atoms with van der Waals surface area (Å²) in [6.07, 6.45) is 3.24. The van der Waals surface area contributed by atoms with Gasteiger partial charge in [-0.15, -0.1) is 0 Å². The summed E-state index contributed by atoms with van der Waals surface area (Å²) in [6, 6.07) is 18.7. The maximum absolute atomic E-state index is 11.6. The van der Waals surface area contributed by atoms with Crippen LogP contribution in [0.15, 0.2) is 73.1 Å². The lowest BCUT2D eigenvalue weighted by Gasteiger charge is -2.17. The molecule has 4 aromatic rings. The Labute approximate surface area is 179 Å². The molecule has 0 saturated carbocycles. The van der Waals surface area contributed by atoms with E-state index in [4.69, 9.17) is 16.7 Å². The molecule has 31 heavy (non-hydrogen) atoms. The first kappa shape index (κ1) is 20.3. The Morgan fingerprint density at radius 2 is 1.65 bits per heavy atom. The Balaban J connectivity index is 1.67. The van der Waals surface area contributed by atoms with Crippen LogP contribution in [0.2, 0.25) is 0 Å². The van der Waals surface area contributed by atoms with Gasteiger partial charge < -0.3 is 16.2 Å². The van der Waals surface area contributed by atoms with Crippen LogP contribution in [-0.4, -0.2) is 34.3 Å². The smallest absolute Gasteiger partial charge is 0.333 e. The SMILES string of the molecule is NC(=O)N(N)c1cc(-c2ccc(-c3ccc(NCCO)cc3)cc2)nc2ccncc12. The van der Waals surface area contributed by atoms with Crippen molar-refractivity contribution >= 4 is 28.3 Å². The third kappa shape index (κ3) is 4.30. The van der Waals surface area contributed by atoms with E-state index < -0.39 is 6.03 Å². The van der Waals surface area contributed by atoms with Gasteiger partial charge in [0.2, 0.25) is 0 Å². The molecule has 0 atom stereocenters. The number of amides is 2. The van der Waals surface area contributed by atoms with Crippen molar-refractivity contribution in [3.05, 3.63) is 73.1 Å². The molecular formula is C23H22N6O2. The topological polar surface area (TPSA) is 130 Å². The molecule has 0 spiro atoms. The predicted molar refractivity (Wildman–Crippen MR) is 122 cm³/mol. The van der Waals surface area contributed by atoms with E-state index in [1.54, 1.807) is 24.5 Å². The molecule has 0 unspecified atom stereocenters. The molecule has 0 aliphatic rings. The summed E-state index contributed by atoms with van der Waals surface area (Å²) in [6.45, 7) is 0.604. The second-order valence-corrected chi connectivity index (χ2v) is 6.93. The number of carbonyl (C=O) groups is 1. The quantitative estimate of drug-likeness (QED) is 0.218. The molecule has 0 aliphatic heterocycles. The number of nitrogens with zero attached hydrogens (tertiary/aromatic N) is 3. The number of urea groups is 1. The molecule has 2 aromatic heterocycles. The number of nitrogens with two attached hydrogens (primary N) is 2. The Bertz CT molecular complexity index is 1210. The highest BCUT2D eigenvalue weighted by molar-refractivity contribution is 6.01. The number of rotatable bonds is 6. The summed E-state index contributed by atoms with van der Waals surface area (Å²) in [7, 11) is 0. The first-order valence-corrected chi connectivity index (χ1v) is 9.71. The predicted octanol–water partition coefficient (Wildman–Crippen LogP) is 3.13. The maximum Gasteiger partial charge on any atom is 0.333 e. The van der Waals surface area contributed by atoms with Gasteiger partial charge in [0, 0.05) is 35.6 Å². The Morgan fingerprint density at radius 3 is 2.29 bits per heavy atom. The molecule has 2 aromatic carbocycles. The normalized spacial score (nSPS) is 10.8. The fourth-order valence-corrected chi connectivity index (χ4v) is 3.33. The number of hydrogen-bond donors (Lipinski definition) is 4. The number of aliphatic hydroxyl groups excluding tert-OH is 1. The number of benzene rings is 2. The van der Waals surface area contributed by atoms with Crippen molar-refractivity contribution < 1.29 is 9.90 Å². The van der Waals surface area contributed by atoms with Gasteiger partial charge in [-0.05, 0) is 35.4 Å². The number of aliphatic hydroxyl groups is 1. The zero-order valence-corrected chi connectivity index (χ0v) is 16.7. The van der Waals surface area contributed by atoms with E-state index in [9.17, 15) is 4.79 Å². The van der Waals surface area contributed by atoms with Crippen LogP contribution in [0.1, 0.15) is 0 Å². The lowest BCUT2D eigenvalue weighted by Crippen LogP contribution is -2.41. The summed E-state index contributed by atoms with van der Waals surface area (Å²) in [5.41, 5.74) is 11.1. The summed E-state index contributed by atoms with van der Waals surface area (Å²) >= 11 is 0. The second-order valence-electron chi connectivity index (χ2n) is 6.93. The van der Waals surface area contributed by atoms with Gasteiger partial charge in [0.1, 0.15) is 0 Å². The largest absolute Gasteiger partial charge is 0.395 e. The number of nitrogens with one attached hydrogen (secondary N) is 1. The number of anilines is 2. The van der Waals surface area contributed by atoms with Gasteiger partial charge in [-0.1, -0.05) is 36.4 Å². The third-order valence-electron chi connectivity index (χ3n) is 4.93. The highest BCUT2D eigenvalue weighted by Gasteiger charge is 2.15. The van der Waals surface area contributed by atoms with Crippen LogP contribution in [0.3, 0.4) is 0 Å². The molecule has 2 heterocycles. The van der Waals surface area contributed by atoms with Crippen molar-refractivity contribution in [1.82, 2.24) is 9.97 Å². The fourth-order valence-electron chi connectivity index (χ4n) is 3.33. The zero-order valence-electron chi connectivity index (χ0n) is 16.7. The molecule has 0 aliphatic carbocycles. The minimum atomic E-state index is -0.769. The van der Waals surface area contributed by atoms with E-state index in [-0.39, 0.29) is 6.61 Å².